The van der Waals surface area contributed by atoms with Crippen molar-refractivity contribution in [1.82, 2.24) is 14.8 Å². The van der Waals surface area contributed by atoms with Crippen molar-refractivity contribution >= 4 is 11.6 Å². The molecule has 1 N–H and O–H groups in total. The molecule has 2 heterocycles. The van der Waals surface area contributed by atoms with E-state index in [1.54, 1.807) is 0 Å². The van der Waals surface area contributed by atoms with E-state index in [2.05, 4.69) is 15.4 Å². The number of nitrogens with zero attached hydrogens (tertiary/aromatic N) is 3. The summed E-state index contributed by atoms with van der Waals surface area (Å²) in [6.07, 6.45) is -3.91. The Morgan fingerprint density at radius 1 is 1.06 bits per heavy atom. The van der Waals surface area contributed by atoms with Crippen LogP contribution in [0.1, 0.15) is 21.6 Å². The maximum absolute atomic E-state index is 13.9. The van der Waals surface area contributed by atoms with Gasteiger partial charge in [-0.2, -0.15) is 17.9 Å². The third-order valence-electron chi connectivity index (χ3n) is 5.06. The van der Waals surface area contributed by atoms with Gasteiger partial charge >= 0.3 is 11.9 Å². The molecule has 0 radical (unpaired) electrons. The molecule has 35 heavy (non-hydrogen) atoms. The highest BCUT2D eigenvalue weighted by Gasteiger charge is 2.36. The summed E-state index contributed by atoms with van der Waals surface area (Å²) in [6.45, 7) is 1.49. The number of carbonyl (C=O) groups excluding carboxylic acids is 1. The minimum absolute atomic E-state index is 0.0394. The normalized spacial score (nSPS) is 11.5. The molecule has 0 unspecified atom stereocenters. The second-order valence-corrected chi connectivity index (χ2v) is 7.50. The number of nitrogens with one attached hydrogen (secondary N) is 1. The van der Waals surface area contributed by atoms with Gasteiger partial charge < -0.3 is 9.73 Å². The lowest BCUT2D eigenvalue weighted by Crippen LogP contribution is -2.16. The van der Waals surface area contributed by atoms with Crippen molar-refractivity contribution < 1.29 is 31.2 Å². The molecule has 12 heteroatoms. The number of rotatable bonds is 4. The molecule has 0 fully saturated rings. The van der Waals surface area contributed by atoms with Crippen LogP contribution in [0, 0.1) is 18.6 Å². The number of hydrogen-bond donors (Lipinski definition) is 1. The van der Waals surface area contributed by atoms with Crippen LogP contribution >= 0.6 is 0 Å². The van der Waals surface area contributed by atoms with Crippen LogP contribution < -0.4 is 11.1 Å². The van der Waals surface area contributed by atoms with E-state index in [9.17, 15) is 31.5 Å². The van der Waals surface area contributed by atoms with Crippen LogP contribution in [0.15, 0.2) is 57.9 Å². The van der Waals surface area contributed by atoms with Gasteiger partial charge in [-0.1, -0.05) is 12.1 Å². The summed E-state index contributed by atoms with van der Waals surface area (Å²) >= 11 is 0. The third-order valence-corrected chi connectivity index (χ3v) is 5.06. The van der Waals surface area contributed by atoms with E-state index >= 15 is 0 Å². The Bertz CT molecular complexity index is 1490. The van der Waals surface area contributed by atoms with Crippen molar-refractivity contribution in [3.63, 3.8) is 0 Å². The lowest BCUT2D eigenvalue weighted by atomic mass is 9.97. The van der Waals surface area contributed by atoms with Crippen molar-refractivity contribution in [2.75, 3.05) is 5.32 Å². The van der Waals surface area contributed by atoms with Gasteiger partial charge in [-0.05, 0) is 48.4 Å². The molecule has 2 aromatic carbocycles. The van der Waals surface area contributed by atoms with Gasteiger partial charge in [0.25, 0.3) is 11.8 Å². The van der Waals surface area contributed by atoms with Gasteiger partial charge in [0.15, 0.2) is 5.69 Å². The van der Waals surface area contributed by atoms with Gasteiger partial charge in [0, 0.05) is 24.5 Å². The van der Waals surface area contributed by atoms with Gasteiger partial charge in [0.2, 0.25) is 0 Å². The first-order chi connectivity index (χ1) is 16.5. The van der Waals surface area contributed by atoms with Crippen molar-refractivity contribution in [2.24, 2.45) is 7.05 Å². The van der Waals surface area contributed by atoms with E-state index in [4.69, 9.17) is 4.42 Å². The minimum Gasteiger partial charge on any atom is -0.388 e. The highest BCUT2D eigenvalue weighted by Crippen LogP contribution is 2.39. The molecular formula is C23H15F5N4O3. The number of alkyl halides is 3. The Hall–Kier alpha value is -4.35. The van der Waals surface area contributed by atoms with Crippen LogP contribution in [0.3, 0.4) is 0 Å². The summed E-state index contributed by atoms with van der Waals surface area (Å²) in [6, 6.07) is 8.02. The smallest absolute Gasteiger partial charge is 0.388 e. The number of aryl methyl sites for hydroxylation is 2. The molecule has 0 spiro atoms. The standard InChI is InChI=1S/C23H15F5N4O3/c1-11-8-13(30-20(33)18-16(24)4-3-5-17(18)25)6-7-14(11)15-9-12(10-29-19(15)23(26,27)28)21-31-32(2)22(34)35-21/h3-10H,1-2H3,(H,30,33). The van der Waals surface area contributed by atoms with Crippen LogP contribution in [-0.4, -0.2) is 20.7 Å². The second-order valence-electron chi connectivity index (χ2n) is 7.50. The van der Waals surface area contributed by atoms with E-state index < -0.39 is 40.7 Å². The highest BCUT2D eigenvalue weighted by molar-refractivity contribution is 6.04. The predicted molar refractivity (Wildman–Crippen MR) is 114 cm³/mol. The lowest BCUT2D eigenvalue weighted by molar-refractivity contribution is -0.140. The molecule has 4 rings (SSSR count). The van der Waals surface area contributed by atoms with Crippen LogP contribution in [-0.2, 0) is 13.2 Å². The molecule has 0 aliphatic rings. The summed E-state index contributed by atoms with van der Waals surface area (Å²) in [7, 11) is 1.32. The van der Waals surface area contributed by atoms with Crippen molar-refractivity contribution in [3.8, 4) is 22.6 Å². The summed E-state index contributed by atoms with van der Waals surface area (Å²) < 4.78 is 74.7. The van der Waals surface area contributed by atoms with Crippen LogP contribution in [0.5, 0.6) is 0 Å². The third kappa shape index (κ3) is 4.67. The average Bonchev–Trinajstić information content (AvgIpc) is 3.11. The molecule has 7 nitrogen and oxygen atoms in total. The molecule has 0 atom stereocenters. The number of benzene rings is 2. The Morgan fingerprint density at radius 2 is 1.74 bits per heavy atom. The SMILES string of the molecule is Cc1cc(NC(=O)c2c(F)cccc2F)ccc1-c1cc(-c2nn(C)c(=O)o2)cnc1C(F)(F)F. The second kappa shape index (κ2) is 8.78. The molecule has 0 saturated carbocycles. The fourth-order valence-corrected chi connectivity index (χ4v) is 3.43. The molecule has 1 amide bonds. The molecule has 180 valence electrons. The van der Waals surface area contributed by atoms with Crippen molar-refractivity contribution in [1.29, 1.82) is 0 Å². The van der Waals surface area contributed by atoms with Crippen molar-refractivity contribution in [3.05, 3.63) is 87.7 Å². The van der Waals surface area contributed by atoms with Gasteiger partial charge in [-0.25, -0.2) is 13.6 Å². The number of hydrogen-bond acceptors (Lipinski definition) is 5. The summed E-state index contributed by atoms with van der Waals surface area (Å²) in [4.78, 5) is 27.4. The first kappa shape index (κ1) is 23.8. The van der Waals surface area contributed by atoms with E-state index in [1.807, 2.05) is 0 Å². The largest absolute Gasteiger partial charge is 0.437 e. The fraction of sp³-hybridized carbons (Fsp3) is 0.130. The molecule has 0 bridgehead atoms. The number of amides is 1. The topological polar surface area (TPSA) is 90.0 Å². The van der Waals surface area contributed by atoms with Gasteiger partial charge in [-0.15, -0.1) is 5.10 Å². The molecule has 4 aromatic rings. The Morgan fingerprint density at radius 3 is 2.31 bits per heavy atom. The molecule has 0 aliphatic heterocycles. The van der Waals surface area contributed by atoms with E-state index in [-0.39, 0.29) is 28.3 Å². The molecule has 0 saturated heterocycles. The number of anilines is 1. The maximum Gasteiger partial charge on any atom is 0.437 e. The van der Waals surface area contributed by atoms with Gasteiger partial charge in [0.1, 0.15) is 17.2 Å². The van der Waals surface area contributed by atoms with Crippen molar-refractivity contribution in [2.45, 2.75) is 13.1 Å². The summed E-state index contributed by atoms with van der Waals surface area (Å²) in [5.41, 5.74) is -1.75. The fourth-order valence-electron chi connectivity index (χ4n) is 3.43. The number of aromatic nitrogens is 3. The molecule has 2 aromatic heterocycles. The number of pyridine rings is 1. The van der Waals surface area contributed by atoms with Crippen LogP contribution in [0.2, 0.25) is 0 Å². The first-order valence-corrected chi connectivity index (χ1v) is 9.94. The van der Waals surface area contributed by atoms with Crippen LogP contribution in [0.25, 0.3) is 22.6 Å². The predicted octanol–water partition coefficient (Wildman–Crippen LogP) is 4.96. The first-order valence-electron chi connectivity index (χ1n) is 9.94. The highest BCUT2D eigenvalue weighted by atomic mass is 19.4. The Labute approximate surface area is 193 Å². The average molecular weight is 490 g/mol. The lowest BCUT2D eigenvalue weighted by Gasteiger charge is -2.16. The summed E-state index contributed by atoms with van der Waals surface area (Å²) in [5.74, 6) is -4.19. The number of carbonyl (C=O) groups is 1. The van der Waals surface area contributed by atoms with Gasteiger partial charge in [0.05, 0.1) is 5.56 Å². The number of halogens is 5. The zero-order valence-electron chi connectivity index (χ0n) is 18.1. The van der Waals surface area contributed by atoms with Crippen LogP contribution in [0.4, 0.5) is 27.6 Å². The van der Waals surface area contributed by atoms with E-state index in [0.29, 0.717) is 5.56 Å². The quantitative estimate of drug-likeness (QED) is 0.409. The molecule has 0 aliphatic carbocycles. The monoisotopic (exact) mass is 490 g/mol. The maximum atomic E-state index is 13.9. The minimum atomic E-state index is -4.81. The Kier molecular flexibility index (Phi) is 5.97. The zero-order chi connectivity index (χ0) is 25.5. The zero-order valence-corrected chi connectivity index (χ0v) is 18.1. The van der Waals surface area contributed by atoms with E-state index in [1.165, 1.54) is 32.2 Å². The molecular weight excluding hydrogens is 475 g/mol. The van der Waals surface area contributed by atoms with Gasteiger partial charge in [-0.3, -0.25) is 9.78 Å². The summed E-state index contributed by atoms with van der Waals surface area (Å²) in [5, 5.41) is 6.16. The van der Waals surface area contributed by atoms with E-state index in [0.717, 1.165) is 35.1 Å². The Balaban J connectivity index is 1.74.